The quantitative estimate of drug-likeness (QED) is 0.770. The van der Waals surface area contributed by atoms with E-state index < -0.39 is 0 Å². The molecule has 0 atom stereocenters. The fourth-order valence-electron chi connectivity index (χ4n) is 2.52. The van der Waals surface area contributed by atoms with Gasteiger partial charge in [0.05, 0.1) is 0 Å². The van der Waals surface area contributed by atoms with Crippen molar-refractivity contribution in [2.24, 2.45) is 0 Å². The van der Waals surface area contributed by atoms with E-state index in [1.54, 1.807) is 0 Å². The van der Waals surface area contributed by atoms with E-state index in [9.17, 15) is 9.59 Å². The highest BCUT2D eigenvalue weighted by atomic mass is 16.2. The molecule has 2 N–H and O–H groups in total. The number of rotatable bonds is 4. The molecular formula is C20H18N2O2. The minimum atomic E-state index is -0.105. The van der Waals surface area contributed by atoms with Gasteiger partial charge in [-0.05, 0) is 40.6 Å². The Morgan fingerprint density at radius 2 is 1.58 bits per heavy atom. The number of hydrogen-bond donors (Lipinski definition) is 2. The van der Waals surface area contributed by atoms with Crippen LogP contribution in [0.5, 0.6) is 0 Å². The van der Waals surface area contributed by atoms with Crippen molar-refractivity contribution in [3.05, 3.63) is 77.9 Å². The zero-order chi connectivity index (χ0) is 16.9. The lowest BCUT2D eigenvalue weighted by Crippen LogP contribution is -2.22. The molecule has 3 aromatic carbocycles. The molecule has 0 saturated carbocycles. The van der Waals surface area contributed by atoms with Crippen LogP contribution in [-0.2, 0) is 11.3 Å². The van der Waals surface area contributed by atoms with E-state index in [0.717, 1.165) is 22.0 Å². The number of anilines is 1. The Labute approximate surface area is 140 Å². The van der Waals surface area contributed by atoms with Crippen molar-refractivity contribution in [3.8, 4) is 0 Å². The molecule has 0 aliphatic rings. The Morgan fingerprint density at radius 1 is 0.875 bits per heavy atom. The third-order valence-electron chi connectivity index (χ3n) is 3.74. The van der Waals surface area contributed by atoms with Gasteiger partial charge in [0.25, 0.3) is 5.91 Å². The summed E-state index contributed by atoms with van der Waals surface area (Å²) in [5.41, 5.74) is 2.36. The second kappa shape index (κ2) is 6.96. The monoisotopic (exact) mass is 318 g/mol. The lowest BCUT2D eigenvalue weighted by atomic mass is 10.1. The van der Waals surface area contributed by atoms with Crippen molar-refractivity contribution in [1.29, 1.82) is 0 Å². The van der Waals surface area contributed by atoms with Crippen LogP contribution in [0.2, 0.25) is 0 Å². The highest BCUT2D eigenvalue weighted by Gasteiger charge is 2.06. The predicted octanol–water partition coefficient (Wildman–Crippen LogP) is 3.73. The molecule has 0 heterocycles. The molecule has 0 saturated heterocycles. The molecule has 3 aromatic rings. The third-order valence-corrected chi connectivity index (χ3v) is 3.74. The van der Waals surface area contributed by atoms with E-state index in [1.165, 1.54) is 6.92 Å². The summed E-state index contributed by atoms with van der Waals surface area (Å²) in [5.74, 6) is -0.209. The zero-order valence-electron chi connectivity index (χ0n) is 13.4. The second-order valence-corrected chi connectivity index (χ2v) is 5.62. The van der Waals surface area contributed by atoms with Crippen LogP contribution in [0.1, 0.15) is 22.8 Å². The summed E-state index contributed by atoms with van der Waals surface area (Å²) < 4.78 is 0. The maximum Gasteiger partial charge on any atom is 0.251 e. The largest absolute Gasteiger partial charge is 0.348 e. The Balaban J connectivity index is 1.64. The smallest absolute Gasteiger partial charge is 0.251 e. The van der Waals surface area contributed by atoms with E-state index in [4.69, 9.17) is 0 Å². The maximum absolute atomic E-state index is 12.3. The summed E-state index contributed by atoms with van der Waals surface area (Å²) in [7, 11) is 0. The molecule has 2 amide bonds. The minimum Gasteiger partial charge on any atom is -0.348 e. The maximum atomic E-state index is 12.3. The molecule has 4 nitrogen and oxygen atoms in total. The number of fused-ring (bicyclic) bond motifs is 1. The van der Waals surface area contributed by atoms with Crippen LogP contribution in [0.3, 0.4) is 0 Å². The summed E-state index contributed by atoms with van der Waals surface area (Å²) >= 11 is 0. The first-order chi connectivity index (χ1) is 11.6. The molecule has 0 unspecified atom stereocenters. The number of hydrogen-bond acceptors (Lipinski definition) is 2. The molecular weight excluding hydrogens is 300 g/mol. The molecule has 0 bridgehead atoms. The predicted molar refractivity (Wildman–Crippen MR) is 95.9 cm³/mol. The Hall–Kier alpha value is -3.14. The van der Waals surface area contributed by atoms with Crippen molar-refractivity contribution in [1.82, 2.24) is 5.32 Å². The summed E-state index contributed by atoms with van der Waals surface area (Å²) in [6.07, 6.45) is 0. The number of benzene rings is 3. The number of carbonyl (C=O) groups is 2. The van der Waals surface area contributed by atoms with Gasteiger partial charge in [-0.25, -0.2) is 0 Å². The normalized spacial score (nSPS) is 10.4. The van der Waals surface area contributed by atoms with Crippen LogP contribution in [0.15, 0.2) is 66.7 Å². The Kier molecular flexibility index (Phi) is 4.57. The second-order valence-electron chi connectivity index (χ2n) is 5.62. The van der Waals surface area contributed by atoms with Crippen LogP contribution < -0.4 is 10.6 Å². The third kappa shape index (κ3) is 3.79. The molecule has 0 aliphatic carbocycles. The van der Waals surface area contributed by atoms with Gasteiger partial charge < -0.3 is 10.6 Å². The Bertz CT molecular complexity index is 886. The van der Waals surface area contributed by atoms with E-state index >= 15 is 0 Å². The molecule has 24 heavy (non-hydrogen) atoms. The van der Waals surface area contributed by atoms with Gasteiger partial charge in [0.2, 0.25) is 5.91 Å². The van der Waals surface area contributed by atoms with E-state index in [2.05, 4.69) is 10.6 Å². The van der Waals surface area contributed by atoms with Crippen LogP contribution in [0.4, 0.5) is 5.69 Å². The van der Waals surface area contributed by atoms with Gasteiger partial charge in [0.15, 0.2) is 0 Å². The van der Waals surface area contributed by atoms with Gasteiger partial charge in [-0.1, -0.05) is 42.5 Å². The average Bonchev–Trinajstić information content (AvgIpc) is 2.60. The van der Waals surface area contributed by atoms with Crippen LogP contribution in [0, 0.1) is 0 Å². The van der Waals surface area contributed by atoms with Crippen LogP contribution in [-0.4, -0.2) is 11.8 Å². The van der Waals surface area contributed by atoms with Gasteiger partial charge in [-0.2, -0.15) is 0 Å². The Morgan fingerprint density at radius 3 is 2.29 bits per heavy atom. The molecule has 0 fully saturated rings. The average molecular weight is 318 g/mol. The molecule has 0 aliphatic heterocycles. The molecule has 0 radical (unpaired) electrons. The fourth-order valence-corrected chi connectivity index (χ4v) is 2.52. The number of amides is 2. The van der Waals surface area contributed by atoms with Gasteiger partial charge in [-0.15, -0.1) is 0 Å². The summed E-state index contributed by atoms with van der Waals surface area (Å²) in [6, 6.07) is 21.0. The summed E-state index contributed by atoms with van der Waals surface area (Å²) in [5, 5.41) is 7.79. The topological polar surface area (TPSA) is 58.2 Å². The van der Waals surface area contributed by atoms with Crippen molar-refractivity contribution < 1.29 is 9.59 Å². The first kappa shape index (κ1) is 15.7. The number of carbonyl (C=O) groups excluding carboxylic acids is 2. The van der Waals surface area contributed by atoms with E-state index in [-0.39, 0.29) is 11.8 Å². The van der Waals surface area contributed by atoms with Gasteiger partial charge in [-0.3, -0.25) is 9.59 Å². The molecule has 120 valence electrons. The highest BCUT2D eigenvalue weighted by molar-refractivity contribution is 5.98. The first-order valence-electron chi connectivity index (χ1n) is 7.75. The van der Waals surface area contributed by atoms with Gasteiger partial charge in [0, 0.05) is 24.7 Å². The van der Waals surface area contributed by atoms with Gasteiger partial charge in [0.1, 0.15) is 0 Å². The van der Waals surface area contributed by atoms with Crippen LogP contribution >= 0.6 is 0 Å². The summed E-state index contributed by atoms with van der Waals surface area (Å²) in [6.45, 7) is 1.91. The van der Waals surface area contributed by atoms with Crippen LogP contribution in [0.25, 0.3) is 10.8 Å². The van der Waals surface area contributed by atoms with Crippen molar-refractivity contribution in [2.75, 3.05) is 5.32 Å². The SMILES string of the molecule is CC(=O)Nc1ccc(CNC(=O)c2ccc3ccccc3c2)cc1. The summed E-state index contributed by atoms with van der Waals surface area (Å²) in [4.78, 5) is 23.3. The lowest BCUT2D eigenvalue weighted by Gasteiger charge is -2.08. The minimum absolute atomic E-state index is 0.104. The standard InChI is InChI=1S/C20H18N2O2/c1-14(23)22-19-10-6-15(7-11-19)13-21-20(24)18-9-8-16-4-2-3-5-17(16)12-18/h2-12H,13H2,1H3,(H,21,24)(H,22,23). The number of nitrogens with one attached hydrogen (secondary N) is 2. The molecule has 3 rings (SSSR count). The van der Waals surface area contributed by atoms with Crippen molar-refractivity contribution >= 4 is 28.3 Å². The molecule has 0 aromatic heterocycles. The highest BCUT2D eigenvalue weighted by Crippen LogP contribution is 2.16. The van der Waals surface area contributed by atoms with Gasteiger partial charge >= 0.3 is 0 Å². The van der Waals surface area contributed by atoms with E-state index in [1.807, 2.05) is 66.7 Å². The lowest BCUT2D eigenvalue weighted by molar-refractivity contribution is -0.114. The first-order valence-corrected chi connectivity index (χ1v) is 7.75. The van der Waals surface area contributed by atoms with Crippen molar-refractivity contribution in [3.63, 3.8) is 0 Å². The molecule has 4 heteroatoms. The van der Waals surface area contributed by atoms with Crippen molar-refractivity contribution in [2.45, 2.75) is 13.5 Å². The zero-order valence-corrected chi connectivity index (χ0v) is 13.4. The molecule has 0 spiro atoms. The fraction of sp³-hybridized carbons (Fsp3) is 0.100. The van der Waals surface area contributed by atoms with E-state index in [0.29, 0.717) is 12.1 Å².